The number of carbonyl (C=O) groups excluding carboxylic acids is 2. The van der Waals surface area contributed by atoms with E-state index in [0.29, 0.717) is 31.9 Å². The van der Waals surface area contributed by atoms with Gasteiger partial charge in [-0.25, -0.2) is 14.1 Å². The number of halogens is 1. The molecule has 0 N–H and O–H groups in total. The first-order valence-corrected chi connectivity index (χ1v) is 9.89. The van der Waals surface area contributed by atoms with Crippen LogP contribution in [0.2, 0.25) is 0 Å². The first-order valence-electron chi connectivity index (χ1n) is 9.89. The van der Waals surface area contributed by atoms with E-state index in [2.05, 4.69) is 4.90 Å². The van der Waals surface area contributed by atoms with Crippen LogP contribution in [0.5, 0.6) is 0 Å². The summed E-state index contributed by atoms with van der Waals surface area (Å²) in [6.07, 6.45) is 0. The molecule has 0 aromatic heterocycles. The van der Waals surface area contributed by atoms with Crippen molar-refractivity contribution < 1.29 is 14.0 Å². The molecule has 1 unspecified atom stereocenters. The molecular weight excluding hydrogens is 371 g/mol. The third-order valence-electron chi connectivity index (χ3n) is 5.67. The Bertz CT molecular complexity index is 909. The Hall–Kier alpha value is -2.93. The molecule has 7 heteroatoms. The van der Waals surface area contributed by atoms with Gasteiger partial charge in [-0.1, -0.05) is 29.8 Å². The van der Waals surface area contributed by atoms with Crippen molar-refractivity contribution in [1.82, 2.24) is 9.80 Å². The average molecular weight is 396 g/mol. The molecule has 2 aromatic carbocycles. The molecule has 0 aliphatic carbocycles. The molecule has 2 aliphatic heterocycles. The van der Waals surface area contributed by atoms with Gasteiger partial charge in [-0.05, 0) is 38.1 Å². The zero-order valence-electron chi connectivity index (χ0n) is 16.7. The summed E-state index contributed by atoms with van der Waals surface area (Å²) in [6, 6.07) is 13.5. The van der Waals surface area contributed by atoms with Gasteiger partial charge in [0.2, 0.25) is 0 Å². The van der Waals surface area contributed by atoms with Crippen molar-refractivity contribution in [2.75, 3.05) is 42.6 Å². The second-order valence-corrected chi connectivity index (χ2v) is 7.63. The summed E-state index contributed by atoms with van der Waals surface area (Å²) in [7, 11) is 0. The summed E-state index contributed by atoms with van der Waals surface area (Å²) < 4.78 is 14.0. The lowest BCUT2D eigenvalue weighted by molar-refractivity contribution is -0.128. The van der Waals surface area contributed by atoms with Crippen LogP contribution in [-0.4, -0.2) is 60.6 Å². The predicted molar refractivity (Wildman–Crippen MR) is 110 cm³/mol. The van der Waals surface area contributed by atoms with Gasteiger partial charge in [0.1, 0.15) is 11.9 Å². The van der Waals surface area contributed by atoms with Crippen LogP contribution in [0.3, 0.4) is 0 Å². The molecule has 0 saturated carbocycles. The van der Waals surface area contributed by atoms with Gasteiger partial charge in [0.25, 0.3) is 5.91 Å². The second kappa shape index (κ2) is 7.83. The van der Waals surface area contributed by atoms with E-state index in [1.165, 1.54) is 11.0 Å². The molecule has 1 atom stereocenters. The Morgan fingerprint density at radius 3 is 2.28 bits per heavy atom. The minimum atomic E-state index is -0.523. The fraction of sp³-hybridized carbons (Fsp3) is 0.364. The number of rotatable bonds is 4. The smallest absolute Gasteiger partial charge is 0.333 e. The highest BCUT2D eigenvalue weighted by atomic mass is 19.1. The number of imide groups is 1. The molecule has 2 aromatic rings. The van der Waals surface area contributed by atoms with Crippen LogP contribution in [0, 0.1) is 12.7 Å². The Balaban J connectivity index is 1.41. The summed E-state index contributed by atoms with van der Waals surface area (Å²) in [5.41, 5.74) is 2.43. The van der Waals surface area contributed by atoms with Crippen LogP contribution in [0.15, 0.2) is 48.5 Å². The van der Waals surface area contributed by atoms with Crippen LogP contribution >= 0.6 is 0 Å². The number of aryl methyl sites for hydroxylation is 1. The topological polar surface area (TPSA) is 47.1 Å². The van der Waals surface area contributed by atoms with E-state index >= 15 is 0 Å². The van der Waals surface area contributed by atoms with Gasteiger partial charge in [-0.2, -0.15) is 0 Å². The molecule has 2 saturated heterocycles. The summed E-state index contributed by atoms with van der Waals surface area (Å²) in [5.74, 6) is -0.416. The first-order chi connectivity index (χ1) is 14.0. The number of benzene rings is 2. The van der Waals surface area contributed by atoms with E-state index in [0.717, 1.165) is 11.3 Å². The number of amides is 3. The number of carbonyl (C=O) groups is 2. The molecule has 29 heavy (non-hydrogen) atoms. The Labute approximate surface area is 170 Å². The molecule has 0 radical (unpaired) electrons. The van der Waals surface area contributed by atoms with Gasteiger partial charge >= 0.3 is 6.03 Å². The van der Waals surface area contributed by atoms with Crippen LogP contribution in [-0.2, 0) is 4.79 Å². The van der Waals surface area contributed by atoms with E-state index in [1.54, 1.807) is 24.0 Å². The summed E-state index contributed by atoms with van der Waals surface area (Å²) in [4.78, 5) is 32.7. The highest BCUT2D eigenvalue weighted by Gasteiger charge is 2.44. The summed E-state index contributed by atoms with van der Waals surface area (Å²) in [5, 5.41) is 0. The highest BCUT2D eigenvalue weighted by Crippen LogP contribution is 2.27. The van der Waals surface area contributed by atoms with E-state index < -0.39 is 6.04 Å². The number of piperazine rings is 1. The monoisotopic (exact) mass is 396 g/mol. The van der Waals surface area contributed by atoms with Crippen molar-refractivity contribution >= 4 is 23.3 Å². The van der Waals surface area contributed by atoms with Gasteiger partial charge < -0.3 is 4.90 Å². The van der Waals surface area contributed by atoms with E-state index in [9.17, 15) is 14.0 Å². The number of hydrogen-bond donors (Lipinski definition) is 0. The average Bonchev–Trinajstić information content (AvgIpc) is 2.93. The van der Waals surface area contributed by atoms with Gasteiger partial charge in [0.05, 0.1) is 12.4 Å². The lowest BCUT2D eigenvalue weighted by atomic mass is 10.2. The molecule has 2 aliphatic rings. The third-order valence-corrected chi connectivity index (χ3v) is 5.67. The van der Waals surface area contributed by atoms with Crippen molar-refractivity contribution in [3.8, 4) is 0 Å². The van der Waals surface area contributed by atoms with E-state index in [1.807, 2.05) is 42.2 Å². The molecular formula is C22H25FN4O2. The first kappa shape index (κ1) is 19.4. The SMILES string of the molecule is Cc1ccc(N2C(=O)N(CN3CCN(c4ccccc4F)CC3)C(=O)C2C)cc1. The molecule has 6 nitrogen and oxygen atoms in total. The predicted octanol–water partition coefficient (Wildman–Crippen LogP) is 3.07. The number of nitrogens with zero attached hydrogens (tertiary/aromatic N) is 4. The highest BCUT2D eigenvalue weighted by molar-refractivity contribution is 6.14. The third kappa shape index (κ3) is 3.70. The number of urea groups is 1. The van der Waals surface area contributed by atoms with Crippen molar-refractivity contribution in [2.45, 2.75) is 19.9 Å². The van der Waals surface area contributed by atoms with Crippen LogP contribution in [0.1, 0.15) is 12.5 Å². The zero-order chi connectivity index (χ0) is 20.5. The number of hydrogen-bond acceptors (Lipinski definition) is 4. The Kier molecular flexibility index (Phi) is 5.24. The molecule has 152 valence electrons. The van der Waals surface area contributed by atoms with Crippen molar-refractivity contribution in [3.63, 3.8) is 0 Å². The summed E-state index contributed by atoms with van der Waals surface area (Å²) in [6.45, 7) is 6.61. The fourth-order valence-electron chi connectivity index (χ4n) is 3.93. The Morgan fingerprint density at radius 2 is 1.62 bits per heavy atom. The maximum Gasteiger partial charge on any atom is 0.333 e. The second-order valence-electron chi connectivity index (χ2n) is 7.63. The lowest BCUT2D eigenvalue weighted by Gasteiger charge is -2.37. The minimum Gasteiger partial charge on any atom is -0.367 e. The minimum absolute atomic E-state index is 0.188. The maximum atomic E-state index is 14.0. The van der Waals surface area contributed by atoms with E-state index in [4.69, 9.17) is 0 Å². The van der Waals surface area contributed by atoms with Crippen LogP contribution < -0.4 is 9.80 Å². The molecule has 0 bridgehead atoms. The van der Waals surface area contributed by atoms with Gasteiger partial charge in [0.15, 0.2) is 0 Å². The van der Waals surface area contributed by atoms with Crippen LogP contribution in [0.4, 0.5) is 20.6 Å². The normalized spacial score (nSPS) is 20.7. The van der Waals surface area contributed by atoms with Gasteiger partial charge in [0, 0.05) is 31.9 Å². The Morgan fingerprint density at radius 1 is 0.966 bits per heavy atom. The number of anilines is 2. The van der Waals surface area contributed by atoms with Crippen molar-refractivity contribution in [2.24, 2.45) is 0 Å². The van der Waals surface area contributed by atoms with Crippen LogP contribution in [0.25, 0.3) is 0 Å². The fourth-order valence-corrected chi connectivity index (χ4v) is 3.93. The van der Waals surface area contributed by atoms with Crippen molar-refractivity contribution in [1.29, 1.82) is 0 Å². The molecule has 0 spiro atoms. The van der Waals surface area contributed by atoms with Crippen molar-refractivity contribution in [3.05, 3.63) is 59.9 Å². The molecule has 2 heterocycles. The molecule has 3 amide bonds. The maximum absolute atomic E-state index is 14.0. The quantitative estimate of drug-likeness (QED) is 0.746. The zero-order valence-corrected chi connectivity index (χ0v) is 16.7. The number of para-hydroxylation sites is 1. The summed E-state index contributed by atoms with van der Waals surface area (Å²) >= 11 is 0. The van der Waals surface area contributed by atoms with Gasteiger partial charge in [-0.3, -0.25) is 14.6 Å². The molecule has 2 fully saturated rings. The molecule has 4 rings (SSSR count). The standard InChI is InChI=1S/C22H25FN4O2/c1-16-7-9-18(10-8-16)27-17(2)21(28)26(22(27)29)15-24-11-13-25(14-12-24)20-6-4-3-5-19(20)23/h3-10,17H,11-15H2,1-2H3. The largest absolute Gasteiger partial charge is 0.367 e. The lowest BCUT2D eigenvalue weighted by Crippen LogP contribution is -2.51. The van der Waals surface area contributed by atoms with E-state index in [-0.39, 0.29) is 24.4 Å². The van der Waals surface area contributed by atoms with Gasteiger partial charge in [-0.15, -0.1) is 0 Å².